The number of hydrogen-bond acceptors (Lipinski definition) is 2. The first-order chi connectivity index (χ1) is 3.81. The normalized spacial score (nSPS) is 8.75. The lowest BCUT2D eigenvalue weighted by atomic mass is 10.4. The molecule has 0 unspecified atom stereocenters. The van der Waals surface area contributed by atoms with Crippen molar-refractivity contribution in [1.29, 1.82) is 0 Å². The van der Waals surface area contributed by atoms with Gasteiger partial charge in [-0.05, 0) is 6.92 Å². The molecular weight excluding hydrogens is 106 g/mol. The molecule has 1 radical (unpaired) electrons. The van der Waals surface area contributed by atoms with Crippen LogP contribution >= 0.6 is 0 Å². The van der Waals surface area contributed by atoms with E-state index in [1.807, 2.05) is 0 Å². The van der Waals surface area contributed by atoms with Gasteiger partial charge in [-0.3, -0.25) is 10.5 Å². The van der Waals surface area contributed by atoms with E-state index in [9.17, 15) is 4.79 Å². The molecule has 0 heterocycles. The van der Waals surface area contributed by atoms with Crippen molar-refractivity contribution in [2.24, 2.45) is 0 Å². The van der Waals surface area contributed by atoms with E-state index in [4.69, 9.17) is 5.73 Å². The number of esters is 1. The van der Waals surface area contributed by atoms with Crippen molar-refractivity contribution in [3.63, 3.8) is 0 Å². The highest BCUT2D eigenvalue weighted by molar-refractivity contribution is 5.69. The maximum Gasteiger partial charge on any atom is 0.307 e. The fraction of sp³-hybridized carbons (Fsp3) is 0.800. The van der Waals surface area contributed by atoms with Gasteiger partial charge in [-0.2, -0.15) is 0 Å². The van der Waals surface area contributed by atoms with E-state index in [0.29, 0.717) is 6.61 Å². The molecule has 47 valence electrons. The van der Waals surface area contributed by atoms with Crippen molar-refractivity contribution in [1.82, 2.24) is 5.73 Å². The molecule has 0 rings (SSSR count). The van der Waals surface area contributed by atoms with Crippen LogP contribution in [0.1, 0.15) is 13.3 Å². The number of carbonyl (C=O) groups is 1. The molecule has 0 aromatic heterocycles. The number of rotatable bonds is 3. The number of hydrogen-bond donors (Lipinski definition) is 0. The topological polar surface area (TPSA) is 50.1 Å². The van der Waals surface area contributed by atoms with Crippen LogP contribution in [0.3, 0.4) is 0 Å². The molecule has 0 saturated heterocycles. The van der Waals surface area contributed by atoms with Crippen LogP contribution in [0.2, 0.25) is 0 Å². The molecule has 1 N–H and O–H groups in total. The first-order valence-corrected chi connectivity index (χ1v) is 2.61. The van der Waals surface area contributed by atoms with Crippen molar-refractivity contribution in [2.45, 2.75) is 13.3 Å². The van der Waals surface area contributed by atoms with Crippen LogP contribution in [0.4, 0.5) is 0 Å². The second-order valence-corrected chi connectivity index (χ2v) is 1.31. The minimum absolute atomic E-state index is 0.124. The summed E-state index contributed by atoms with van der Waals surface area (Å²) in [4.78, 5) is 10.3. The lowest BCUT2D eigenvalue weighted by molar-refractivity contribution is -0.142. The Morgan fingerprint density at radius 1 is 1.75 bits per heavy atom. The van der Waals surface area contributed by atoms with Crippen LogP contribution in [0.5, 0.6) is 0 Å². The average Bonchev–Trinajstić information content (AvgIpc) is 1.68. The van der Waals surface area contributed by atoms with Gasteiger partial charge in [0.2, 0.25) is 0 Å². The highest BCUT2D eigenvalue weighted by atomic mass is 16.5. The maximum atomic E-state index is 10.3. The number of ether oxygens (including phenoxy) is 1. The molecule has 3 nitrogen and oxygen atoms in total. The van der Waals surface area contributed by atoms with Gasteiger partial charge < -0.3 is 4.74 Å². The Morgan fingerprint density at radius 2 is 2.38 bits per heavy atom. The smallest absolute Gasteiger partial charge is 0.307 e. The summed E-state index contributed by atoms with van der Waals surface area (Å²) in [7, 11) is 0. The van der Waals surface area contributed by atoms with Crippen LogP contribution < -0.4 is 5.73 Å². The van der Waals surface area contributed by atoms with Gasteiger partial charge in [0.15, 0.2) is 0 Å². The van der Waals surface area contributed by atoms with Crippen molar-refractivity contribution >= 4 is 5.97 Å². The molecule has 0 aromatic carbocycles. The van der Waals surface area contributed by atoms with E-state index in [1.54, 1.807) is 6.92 Å². The Labute approximate surface area is 48.8 Å². The van der Waals surface area contributed by atoms with E-state index in [0.717, 1.165) is 0 Å². The molecule has 3 heteroatoms. The molecule has 0 bridgehead atoms. The molecule has 0 aliphatic heterocycles. The van der Waals surface area contributed by atoms with Crippen LogP contribution in [-0.4, -0.2) is 19.1 Å². The summed E-state index contributed by atoms with van der Waals surface area (Å²) >= 11 is 0. The molecule has 0 amide bonds. The monoisotopic (exact) mass is 116 g/mol. The van der Waals surface area contributed by atoms with Crippen LogP contribution in [0.15, 0.2) is 0 Å². The maximum absolute atomic E-state index is 10.3. The Morgan fingerprint density at radius 3 is 2.75 bits per heavy atom. The van der Waals surface area contributed by atoms with Gasteiger partial charge in [-0.1, -0.05) is 0 Å². The predicted octanol–water partition coefficient (Wildman–Crippen LogP) is 0.222. The third-order valence-electron chi connectivity index (χ3n) is 0.634. The summed E-state index contributed by atoms with van der Waals surface area (Å²) in [5, 5.41) is 0. The molecular formula is C5H10NO2. The quantitative estimate of drug-likeness (QED) is 0.495. The van der Waals surface area contributed by atoms with E-state index in [-0.39, 0.29) is 18.9 Å². The largest absolute Gasteiger partial charge is 0.466 e. The second-order valence-electron chi connectivity index (χ2n) is 1.31. The summed E-state index contributed by atoms with van der Waals surface area (Å²) in [6.07, 6.45) is 0.216. The Bertz CT molecular complexity index is 64.8. The Kier molecular flexibility index (Phi) is 4.26. The SMILES string of the molecule is CCOC(=O)CC[NH]. The van der Waals surface area contributed by atoms with Gasteiger partial charge in [0, 0.05) is 6.54 Å². The summed E-state index contributed by atoms with van der Waals surface area (Å²) in [5.41, 5.74) is 6.61. The summed E-state index contributed by atoms with van der Waals surface area (Å²) in [5.74, 6) is -0.275. The number of nitrogens with one attached hydrogen (secondary N) is 1. The van der Waals surface area contributed by atoms with E-state index < -0.39 is 0 Å². The minimum atomic E-state index is -0.275. The van der Waals surface area contributed by atoms with E-state index in [2.05, 4.69) is 4.74 Å². The Balaban J connectivity index is 3.06. The Hall–Kier alpha value is -0.570. The third-order valence-corrected chi connectivity index (χ3v) is 0.634. The van der Waals surface area contributed by atoms with E-state index in [1.165, 1.54) is 0 Å². The molecule has 0 atom stereocenters. The van der Waals surface area contributed by atoms with Crippen LogP contribution in [0, 0.1) is 0 Å². The molecule has 0 aliphatic carbocycles. The van der Waals surface area contributed by atoms with Crippen molar-refractivity contribution < 1.29 is 9.53 Å². The zero-order valence-corrected chi connectivity index (χ0v) is 4.94. The average molecular weight is 116 g/mol. The highest BCUT2D eigenvalue weighted by Gasteiger charge is 1.95. The van der Waals surface area contributed by atoms with Crippen LogP contribution in [-0.2, 0) is 9.53 Å². The molecule has 0 spiro atoms. The van der Waals surface area contributed by atoms with Gasteiger partial charge in [0.05, 0.1) is 13.0 Å². The van der Waals surface area contributed by atoms with Gasteiger partial charge in [0.1, 0.15) is 0 Å². The first kappa shape index (κ1) is 7.43. The minimum Gasteiger partial charge on any atom is -0.466 e. The van der Waals surface area contributed by atoms with Crippen molar-refractivity contribution in [2.75, 3.05) is 13.2 Å². The molecule has 0 saturated carbocycles. The van der Waals surface area contributed by atoms with Gasteiger partial charge >= 0.3 is 5.97 Å². The van der Waals surface area contributed by atoms with Gasteiger partial charge in [0.25, 0.3) is 0 Å². The lowest BCUT2D eigenvalue weighted by Crippen LogP contribution is -2.05. The molecule has 8 heavy (non-hydrogen) atoms. The van der Waals surface area contributed by atoms with Crippen molar-refractivity contribution in [3.8, 4) is 0 Å². The van der Waals surface area contributed by atoms with Gasteiger partial charge in [-0.25, -0.2) is 0 Å². The standard InChI is InChI=1S/C5H10NO2/c1-2-8-5(7)3-4-6/h6H,2-4H2,1H3. The lowest BCUT2D eigenvalue weighted by Gasteiger charge is -1.96. The summed E-state index contributed by atoms with van der Waals surface area (Å²) in [6.45, 7) is 2.29. The molecule has 0 aliphatic rings. The molecule has 0 fully saturated rings. The second kappa shape index (κ2) is 4.59. The fourth-order valence-electron chi connectivity index (χ4n) is 0.335. The number of carbonyl (C=O) groups excluding carboxylic acids is 1. The van der Waals surface area contributed by atoms with Crippen molar-refractivity contribution in [3.05, 3.63) is 0 Å². The fourth-order valence-corrected chi connectivity index (χ4v) is 0.335. The molecule has 0 aromatic rings. The zero-order valence-electron chi connectivity index (χ0n) is 4.94. The zero-order chi connectivity index (χ0) is 6.41. The predicted molar refractivity (Wildman–Crippen MR) is 29.2 cm³/mol. The summed E-state index contributed by atoms with van der Waals surface area (Å²) < 4.78 is 4.52. The third kappa shape index (κ3) is 3.61. The van der Waals surface area contributed by atoms with Gasteiger partial charge in [-0.15, -0.1) is 0 Å². The van der Waals surface area contributed by atoms with Crippen LogP contribution in [0.25, 0.3) is 0 Å². The first-order valence-electron chi connectivity index (χ1n) is 2.61. The highest BCUT2D eigenvalue weighted by Crippen LogP contribution is 1.81. The van der Waals surface area contributed by atoms with E-state index >= 15 is 0 Å². The summed E-state index contributed by atoms with van der Waals surface area (Å²) in [6, 6.07) is 0.